The van der Waals surface area contributed by atoms with Crippen LogP contribution < -0.4 is 14.9 Å². The molecular weight excluding hydrogens is 508 g/mol. The van der Waals surface area contributed by atoms with Crippen LogP contribution >= 0.6 is 0 Å². The number of hydrogen-bond donors (Lipinski definition) is 0. The van der Waals surface area contributed by atoms with Crippen molar-refractivity contribution in [2.24, 2.45) is 0 Å². The molecule has 8 heteroatoms. The van der Waals surface area contributed by atoms with Gasteiger partial charge < -0.3 is 23.5 Å². The molecule has 1 saturated heterocycles. The van der Waals surface area contributed by atoms with Crippen LogP contribution in [0.3, 0.4) is 0 Å². The fourth-order valence-corrected chi connectivity index (χ4v) is 5.55. The Bertz CT molecular complexity index is 1430. The van der Waals surface area contributed by atoms with E-state index in [-0.39, 0.29) is 17.1 Å². The second kappa shape index (κ2) is 12.4. The van der Waals surface area contributed by atoms with Gasteiger partial charge >= 0.3 is 0 Å². The van der Waals surface area contributed by atoms with E-state index in [1.54, 1.807) is 4.90 Å². The summed E-state index contributed by atoms with van der Waals surface area (Å²) in [5.74, 6) is 1.17. The number of unbranched alkanes of at least 4 members (excludes halogenated alkanes) is 1. The number of carbonyl (C=O) groups is 1. The molecule has 2 aliphatic rings. The number of benzene rings is 2. The molecule has 1 atom stereocenters. The number of nitrogens with zero attached hydrogens (tertiary/aromatic N) is 2. The fraction of sp³-hybridized carbons (Fsp3) is 0.500. The van der Waals surface area contributed by atoms with Gasteiger partial charge in [0.1, 0.15) is 5.58 Å². The summed E-state index contributed by atoms with van der Waals surface area (Å²) in [4.78, 5) is 32.0. The Kier molecular flexibility index (Phi) is 8.76. The second-order valence-corrected chi connectivity index (χ2v) is 10.7. The highest BCUT2D eigenvalue weighted by molar-refractivity contribution is 5.99. The fourth-order valence-electron chi connectivity index (χ4n) is 5.55. The minimum Gasteiger partial charge on any atom is -0.490 e. The topological polar surface area (TPSA) is 81.5 Å². The van der Waals surface area contributed by atoms with Gasteiger partial charge in [0, 0.05) is 26.2 Å². The van der Waals surface area contributed by atoms with Crippen LogP contribution in [0.25, 0.3) is 11.0 Å². The van der Waals surface area contributed by atoms with Crippen molar-refractivity contribution >= 4 is 16.9 Å². The van der Waals surface area contributed by atoms with Crippen molar-refractivity contribution in [3.8, 4) is 11.5 Å². The monoisotopic (exact) mass is 548 g/mol. The van der Waals surface area contributed by atoms with Crippen LogP contribution in [0, 0.1) is 13.8 Å². The molecule has 3 heterocycles. The average molecular weight is 549 g/mol. The SMILES string of the molecule is CCCCOc1ccc(C2c3c(oc4cc(C)c(C)cc4c3=O)C(=O)N2CCCN2CCOCC2)cc1OCC. The molecule has 0 radical (unpaired) electrons. The van der Waals surface area contributed by atoms with Crippen LogP contribution in [-0.4, -0.2) is 68.3 Å². The molecule has 5 rings (SSSR count). The van der Waals surface area contributed by atoms with Crippen LogP contribution in [0.5, 0.6) is 11.5 Å². The highest BCUT2D eigenvalue weighted by Gasteiger charge is 2.43. The molecule has 1 unspecified atom stereocenters. The van der Waals surface area contributed by atoms with E-state index >= 15 is 0 Å². The highest BCUT2D eigenvalue weighted by atomic mass is 16.5. The van der Waals surface area contributed by atoms with Crippen molar-refractivity contribution in [3.05, 3.63) is 68.6 Å². The lowest BCUT2D eigenvalue weighted by Crippen LogP contribution is -2.38. The molecule has 2 aliphatic heterocycles. The van der Waals surface area contributed by atoms with E-state index in [0.717, 1.165) is 68.8 Å². The zero-order valence-corrected chi connectivity index (χ0v) is 24.1. The zero-order chi connectivity index (χ0) is 28.2. The molecule has 0 saturated carbocycles. The number of carbonyl (C=O) groups excluding carboxylic acids is 1. The number of amides is 1. The smallest absolute Gasteiger partial charge is 0.290 e. The van der Waals surface area contributed by atoms with Gasteiger partial charge in [-0.1, -0.05) is 19.4 Å². The van der Waals surface area contributed by atoms with E-state index in [4.69, 9.17) is 18.6 Å². The van der Waals surface area contributed by atoms with Crippen LogP contribution in [0.1, 0.15) is 72.0 Å². The van der Waals surface area contributed by atoms with Crippen molar-refractivity contribution in [2.45, 2.75) is 53.0 Å². The molecule has 8 nitrogen and oxygen atoms in total. The number of fused-ring (bicyclic) bond motifs is 2. The van der Waals surface area contributed by atoms with Crippen molar-refractivity contribution in [2.75, 3.05) is 52.6 Å². The predicted octanol–water partition coefficient (Wildman–Crippen LogP) is 5.25. The third-order valence-electron chi connectivity index (χ3n) is 7.90. The van der Waals surface area contributed by atoms with Crippen LogP contribution in [0.15, 0.2) is 39.5 Å². The van der Waals surface area contributed by atoms with Crippen LogP contribution in [-0.2, 0) is 4.74 Å². The quantitative estimate of drug-likeness (QED) is 0.303. The van der Waals surface area contributed by atoms with Gasteiger partial charge in [0.15, 0.2) is 16.9 Å². The molecule has 40 heavy (non-hydrogen) atoms. The van der Waals surface area contributed by atoms with Crippen molar-refractivity contribution in [1.29, 1.82) is 0 Å². The van der Waals surface area contributed by atoms with Gasteiger partial charge in [-0.05, 0) is 74.6 Å². The van der Waals surface area contributed by atoms with Gasteiger partial charge in [0.2, 0.25) is 5.76 Å². The summed E-state index contributed by atoms with van der Waals surface area (Å²) in [5, 5.41) is 0.499. The number of ether oxygens (including phenoxy) is 3. The van der Waals surface area contributed by atoms with Gasteiger partial charge in [-0.3, -0.25) is 14.5 Å². The van der Waals surface area contributed by atoms with E-state index < -0.39 is 6.04 Å². The van der Waals surface area contributed by atoms with Crippen molar-refractivity contribution in [1.82, 2.24) is 9.80 Å². The largest absolute Gasteiger partial charge is 0.490 e. The lowest BCUT2D eigenvalue weighted by molar-refractivity contribution is 0.0353. The zero-order valence-electron chi connectivity index (χ0n) is 24.1. The van der Waals surface area contributed by atoms with Crippen LogP contribution in [0.4, 0.5) is 0 Å². The van der Waals surface area contributed by atoms with E-state index in [2.05, 4.69) is 11.8 Å². The average Bonchev–Trinajstić information content (AvgIpc) is 3.23. The summed E-state index contributed by atoms with van der Waals surface area (Å²) < 4.78 is 23.6. The molecule has 3 aromatic rings. The molecule has 2 aromatic carbocycles. The Labute approximate surface area is 235 Å². The van der Waals surface area contributed by atoms with E-state index in [0.29, 0.717) is 47.8 Å². The lowest BCUT2D eigenvalue weighted by atomic mass is 9.97. The second-order valence-electron chi connectivity index (χ2n) is 10.7. The maximum absolute atomic E-state index is 14.0. The first-order valence-corrected chi connectivity index (χ1v) is 14.5. The number of rotatable bonds is 11. The molecular formula is C32H40N2O6. The van der Waals surface area contributed by atoms with Gasteiger partial charge in [0.25, 0.3) is 5.91 Å². The standard InChI is InChI=1S/C32H40N2O6/c1-5-7-15-39-25-10-9-23(20-27(25)38-6-2)29-28-30(35)24-18-21(3)22(4)19-26(24)40-31(28)32(36)34(29)12-8-11-33-13-16-37-17-14-33/h9-10,18-20,29H,5-8,11-17H2,1-4H3. The maximum atomic E-state index is 14.0. The van der Waals surface area contributed by atoms with Gasteiger partial charge in [-0.15, -0.1) is 0 Å². The number of aryl methyl sites for hydroxylation is 2. The molecule has 0 spiro atoms. The normalized spacial score (nSPS) is 17.4. The van der Waals surface area contributed by atoms with Crippen molar-refractivity contribution < 1.29 is 23.4 Å². The Morgan fingerprint density at radius 3 is 2.45 bits per heavy atom. The van der Waals surface area contributed by atoms with Crippen LogP contribution in [0.2, 0.25) is 0 Å². The first kappa shape index (κ1) is 28.2. The van der Waals surface area contributed by atoms with Gasteiger partial charge in [-0.25, -0.2) is 0 Å². The minimum absolute atomic E-state index is 0.137. The van der Waals surface area contributed by atoms with Gasteiger partial charge in [0.05, 0.1) is 43.4 Å². The number of hydrogen-bond acceptors (Lipinski definition) is 7. The number of morpholine rings is 1. The summed E-state index contributed by atoms with van der Waals surface area (Å²) in [6, 6.07) is 8.90. The molecule has 0 aliphatic carbocycles. The summed E-state index contributed by atoms with van der Waals surface area (Å²) in [5.41, 5.74) is 3.52. The minimum atomic E-state index is -0.571. The summed E-state index contributed by atoms with van der Waals surface area (Å²) in [6.07, 6.45) is 2.76. The highest BCUT2D eigenvalue weighted by Crippen LogP contribution is 2.41. The Hall–Kier alpha value is -3.36. The molecule has 1 aromatic heterocycles. The Balaban J connectivity index is 1.55. The summed E-state index contributed by atoms with van der Waals surface area (Å²) >= 11 is 0. The first-order chi connectivity index (χ1) is 19.4. The third-order valence-corrected chi connectivity index (χ3v) is 7.90. The Morgan fingerprint density at radius 1 is 0.925 bits per heavy atom. The molecule has 0 bridgehead atoms. The van der Waals surface area contributed by atoms with Crippen molar-refractivity contribution in [3.63, 3.8) is 0 Å². The first-order valence-electron chi connectivity index (χ1n) is 14.5. The summed E-state index contributed by atoms with van der Waals surface area (Å²) in [6.45, 7) is 13.7. The molecule has 0 N–H and O–H groups in total. The van der Waals surface area contributed by atoms with Gasteiger partial charge in [-0.2, -0.15) is 0 Å². The summed E-state index contributed by atoms with van der Waals surface area (Å²) in [7, 11) is 0. The van der Waals surface area contributed by atoms with E-state index in [1.807, 2.05) is 51.1 Å². The Morgan fingerprint density at radius 2 is 1.70 bits per heavy atom. The third kappa shape index (κ3) is 5.60. The molecule has 1 amide bonds. The molecule has 1 fully saturated rings. The van der Waals surface area contributed by atoms with E-state index in [9.17, 15) is 9.59 Å². The predicted molar refractivity (Wildman–Crippen MR) is 155 cm³/mol. The van der Waals surface area contributed by atoms with E-state index in [1.165, 1.54) is 0 Å². The lowest BCUT2D eigenvalue weighted by Gasteiger charge is -2.29. The maximum Gasteiger partial charge on any atom is 0.290 e. The molecule has 214 valence electrons.